The molecule has 28 heavy (non-hydrogen) atoms. The van der Waals surface area contributed by atoms with Crippen LogP contribution in [-0.4, -0.2) is 22.4 Å². The Morgan fingerprint density at radius 2 is 1.29 bits per heavy atom. The van der Waals surface area contributed by atoms with Gasteiger partial charge in [0.05, 0.1) is 12.7 Å². The molecule has 0 saturated carbocycles. The van der Waals surface area contributed by atoms with Crippen molar-refractivity contribution >= 4 is 6.08 Å². The quantitative estimate of drug-likeness (QED) is 0.129. The number of ether oxygens (including phenoxy) is 1. The van der Waals surface area contributed by atoms with Crippen molar-refractivity contribution < 1.29 is 20.1 Å². The first kappa shape index (κ1) is 23.9. The predicted molar refractivity (Wildman–Crippen MR) is 117 cm³/mol. The lowest BCUT2D eigenvalue weighted by atomic mass is 10.1. The summed E-state index contributed by atoms with van der Waals surface area (Å²) >= 11 is 0. The SMILES string of the molecule is CCCCC=CCCCCCCCCCC=Cc1c(O)c(O)cc(OC)c1O. The Hall–Kier alpha value is -2.10. The molecule has 0 radical (unpaired) electrons. The molecule has 0 heterocycles. The minimum Gasteiger partial charge on any atom is -0.504 e. The molecule has 4 heteroatoms. The molecular weight excluding hydrogens is 352 g/mol. The van der Waals surface area contributed by atoms with Gasteiger partial charge in [0.25, 0.3) is 0 Å². The van der Waals surface area contributed by atoms with Gasteiger partial charge < -0.3 is 20.1 Å². The molecule has 1 aromatic carbocycles. The van der Waals surface area contributed by atoms with Gasteiger partial charge in [-0.05, 0) is 32.1 Å². The van der Waals surface area contributed by atoms with Crippen molar-refractivity contribution in [3.63, 3.8) is 0 Å². The molecule has 0 aliphatic rings. The van der Waals surface area contributed by atoms with Gasteiger partial charge >= 0.3 is 0 Å². The van der Waals surface area contributed by atoms with Crippen LogP contribution in [0.1, 0.15) is 89.5 Å². The van der Waals surface area contributed by atoms with E-state index in [0.29, 0.717) is 0 Å². The van der Waals surface area contributed by atoms with Crippen molar-refractivity contribution in [1.82, 2.24) is 0 Å². The topological polar surface area (TPSA) is 69.9 Å². The van der Waals surface area contributed by atoms with Crippen molar-refractivity contribution in [3.8, 4) is 23.0 Å². The molecule has 0 aliphatic heterocycles. The second kappa shape index (κ2) is 14.9. The summed E-state index contributed by atoms with van der Waals surface area (Å²) in [6, 6.07) is 1.20. The molecule has 0 aromatic heterocycles. The number of benzene rings is 1. The van der Waals surface area contributed by atoms with Crippen LogP contribution < -0.4 is 4.74 Å². The van der Waals surface area contributed by atoms with Gasteiger partial charge in [-0.3, -0.25) is 0 Å². The fraction of sp³-hybridized carbons (Fsp3) is 0.583. The monoisotopic (exact) mass is 390 g/mol. The van der Waals surface area contributed by atoms with Crippen LogP contribution in [0.3, 0.4) is 0 Å². The van der Waals surface area contributed by atoms with Gasteiger partial charge in [-0.25, -0.2) is 0 Å². The van der Waals surface area contributed by atoms with Gasteiger partial charge in [0, 0.05) is 6.07 Å². The van der Waals surface area contributed by atoms with E-state index in [4.69, 9.17) is 4.74 Å². The number of aromatic hydroxyl groups is 3. The zero-order valence-corrected chi connectivity index (χ0v) is 17.6. The van der Waals surface area contributed by atoms with Crippen molar-refractivity contribution in [2.75, 3.05) is 7.11 Å². The lowest BCUT2D eigenvalue weighted by Crippen LogP contribution is -1.87. The highest BCUT2D eigenvalue weighted by atomic mass is 16.5. The Bertz CT molecular complexity index is 605. The number of hydrogen-bond acceptors (Lipinski definition) is 4. The highest BCUT2D eigenvalue weighted by Crippen LogP contribution is 2.43. The maximum absolute atomic E-state index is 10.1. The van der Waals surface area contributed by atoms with Crippen molar-refractivity contribution in [2.45, 2.75) is 84.0 Å². The van der Waals surface area contributed by atoms with Crippen molar-refractivity contribution in [1.29, 1.82) is 0 Å². The molecule has 0 fully saturated rings. The number of methoxy groups -OCH3 is 1. The average Bonchev–Trinajstić information content (AvgIpc) is 2.69. The number of phenolic OH excluding ortho intramolecular Hbond substituents is 3. The third kappa shape index (κ3) is 9.20. The van der Waals surface area contributed by atoms with E-state index in [1.54, 1.807) is 6.08 Å². The Balaban J connectivity index is 2.12. The van der Waals surface area contributed by atoms with Gasteiger partial charge in [0.15, 0.2) is 23.0 Å². The van der Waals surface area contributed by atoms with Crippen molar-refractivity contribution in [3.05, 3.63) is 29.9 Å². The molecule has 0 saturated heterocycles. The smallest absolute Gasteiger partial charge is 0.169 e. The second-order valence-corrected chi connectivity index (χ2v) is 7.28. The van der Waals surface area contributed by atoms with E-state index in [1.807, 2.05) is 6.08 Å². The van der Waals surface area contributed by atoms with Crippen LogP contribution in [0.15, 0.2) is 24.3 Å². The van der Waals surface area contributed by atoms with Gasteiger partial charge in [0.1, 0.15) is 0 Å². The lowest BCUT2D eigenvalue weighted by Gasteiger charge is -2.09. The summed E-state index contributed by atoms with van der Waals surface area (Å²) in [5.74, 6) is -0.638. The number of phenols is 3. The van der Waals surface area contributed by atoms with E-state index < -0.39 is 0 Å². The number of allylic oxidation sites excluding steroid dienone is 3. The normalized spacial score (nSPS) is 11.6. The Kier molecular flexibility index (Phi) is 12.7. The molecule has 158 valence electrons. The molecule has 4 nitrogen and oxygen atoms in total. The van der Waals surface area contributed by atoms with Gasteiger partial charge in [0.2, 0.25) is 0 Å². The second-order valence-electron chi connectivity index (χ2n) is 7.28. The highest BCUT2D eigenvalue weighted by Gasteiger charge is 2.15. The van der Waals surface area contributed by atoms with E-state index in [2.05, 4.69) is 19.1 Å². The van der Waals surface area contributed by atoms with Crippen LogP contribution in [0, 0.1) is 0 Å². The summed E-state index contributed by atoms with van der Waals surface area (Å²) < 4.78 is 4.99. The zero-order chi connectivity index (χ0) is 20.6. The number of hydrogen-bond donors (Lipinski definition) is 3. The molecule has 1 aromatic rings. The van der Waals surface area contributed by atoms with Gasteiger partial charge in [-0.15, -0.1) is 0 Å². The van der Waals surface area contributed by atoms with Crippen LogP contribution in [0.2, 0.25) is 0 Å². The zero-order valence-electron chi connectivity index (χ0n) is 17.6. The molecule has 1 rings (SSSR count). The summed E-state index contributed by atoms with van der Waals surface area (Å²) in [5, 5.41) is 29.6. The predicted octanol–water partition coefficient (Wildman–Crippen LogP) is 7.08. The summed E-state index contributed by atoms with van der Waals surface area (Å²) in [4.78, 5) is 0. The molecule has 0 aliphatic carbocycles. The molecule has 0 unspecified atom stereocenters. The summed E-state index contributed by atoms with van der Waals surface area (Å²) in [7, 11) is 1.41. The fourth-order valence-electron chi connectivity index (χ4n) is 3.12. The Morgan fingerprint density at radius 3 is 1.86 bits per heavy atom. The van der Waals surface area contributed by atoms with E-state index in [-0.39, 0.29) is 28.6 Å². The maximum Gasteiger partial charge on any atom is 0.169 e. The molecule has 3 N–H and O–H groups in total. The van der Waals surface area contributed by atoms with E-state index >= 15 is 0 Å². The minimum atomic E-state index is -0.324. The average molecular weight is 391 g/mol. The van der Waals surface area contributed by atoms with Crippen molar-refractivity contribution in [2.24, 2.45) is 0 Å². The maximum atomic E-state index is 10.1. The van der Waals surface area contributed by atoms with E-state index in [1.165, 1.54) is 77.4 Å². The highest BCUT2D eigenvalue weighted by molar-refractivity contribution is 5.71. The van der Waals surface area contributed by atoms with E-state index in [0.717, 1.165) is 12.8 Å². The number of rotatable bonds is 15. The van der Waals surface area contributed by atoms with Crippen LogP contribution in [0.4, 0.5) is 0 Å². The molecule has 0 bridgehead atoms. The summed E-state index contributed by atoms with van der Waals surface area (Å²) in [6.07, 6.45) is 22.8. The van der Waals surface area contributed by atoms with Crippen LogP contribution in [0.5, 0.6) is 23.0 Å². The first-order chi connectivity index (χ1) is 13.6. The standard InChI is InChI=1S/C24H38O4/c1-3-4-5-6-7-8-9-10-11-12-13-14-15-16-17-18-20-23(26)21(25)19-22(28-2)24(20)27/h6-7,17-19,25-27H,3-5,8-16H2,1-2H3. The third-order valence-electron chi connectivity index (χ3n) is 4.89. The van der Waals surface area contributed by atoms with Crippen LogP contribution in [-0.2, 0) is 0 Å². The molecular formula is C24H38O4. The minimum absolute atomic E-state index is 0.145. The molecule has 0 atom stereocenters. The van der Waals surface area contributed by atoms with Gasteiger partial charge in [-0.2, -0.15) is 0 Å². The van der Waals surface area contributed by atoms with Gasteiger partial charge in [-0.1, -0.05) is 76.2 Å². The Labute approximate surface area is 170 Å². The van der Waals surface area contributed by atoms with E-state index in [9.17, 15) is 15.3 Å². The molecule has 0 spiro atoms. The fourth-order valence-corrected chi connectivity index (χ4v) is 3.12. The third-order valence-corrected chi connectivity index (χ3v) is 4.89. The Morgan fingerprint density at radius 1 is 0.750 bits per heavy atom. The lowest BCUT2D eigenvalue weighted by molar-refractivity contribution is 0.355. The summed E-state index contributed by atoms with van der Waals surface area (Å²) in [5.41, 5.74) is 0.195. The number of unbranched alkanes of at least 4 members (excludes halogenated alkanes) is 10. The molecule has 0 amide bonds. The first-order valence-electron chi connectivity index (χ1n) is 10.7. The van der Waals surface area contributed by atoms with Crippen LogP contribution >= 0.6 is 0 Å². The largest absolute Gasteiger partial charge is 0.504 e. The first-order valence-corrected chi connectivity index (χ1v) is 10.7. The van der Waals surface area contributed by atoms with Crippen LogP contribution in [0.25, 0.3) is 6.08 Å². The summed E-state index contributed by atoms with van der Waals surface area (Å²) in [6.45, 7) is 2.23.